The molecule has 0 atom stereocenters. The Hall–Kier alpha value is -1.51. The Bertz CT molecular complexity index is 404. The number of nitrogens with one attached hydrogen (secondary N) is 1. The third-order valence-corrected chi connectivity index (χ3v) is 1.72. The zero-order chi connectivity index (χ0) is 10.3. The summed E-state index contributed by atoms with van der Waals surface area (Å²) in [5, 5.41) is 11.7. The molecule has 62 valence electrons. The number of carbonyl (C=O) groups is 1. The third-order valence-electron chi connectivity index (χ3n) is 1.72. The molecule has 3 nitrogen and oxygen atoms in total. The van der Waals surface area contributed by atoms with E-state index >= 15 is 0 Å². The molecule has 0 aliphatic carbocycles. The summed E-state index contributed by atoms with van der Waals surface area (Å²) in [6.45, 7) is 0. The molecule has 1 aromatic carbocycles. The van der Waals surface area contributed by atoms with Gasteiger partial charge in [-0.3, -0.25) is 4.79 Å². The average molecular weight is 165 g/mol. The number of hydrogen-bond donors (Lipinski definition) is 2. The van der Waals surface area contributed by atoms with E-state index in [0.717, 1.165) is 0 Å². The van der Waals surface area contributed by atoms with Crippen molar-refractivity contribution in [2.45, 2.75) is 12.8 Å². The first-order chi connectivity index (χ1) is 6.49. The molecule has 0 radical (unpaired) electrons. The smallest absolute Gasteiger partial charge is 0.224 e. The Balaban J connectivity index is 2.57. The van der Waals surface area contributed by atoms with Gasteiger partial charge >= 0.3 is 0 Å². The summed E-state index contributed by atoms with van der Waals surface area (Å²) in [7, 11) is 0. The van der Waals surface area contributed by atoms with Crippen molar-refractivity contribution < 1.29 is 12.6 Å². The van der Waals surface area contributed by atoms with Crippen LogP contribution in [0.15, 0.2) is 18.2 Å². The number of aryl methyl sites for hydroxylation is 1. The normalized spacial score (nSPS) is 21.8. The lowest BCUT2D eigenvalue weighted by molar-refractivity contribution is -0.116. The maximum atomic E-state index is 11.1. The molecule has 1 amide bonds. The molecule has 2 rings (SSSR count). The van der Waals surface area contributed by atoms with Crippen LogP contribution in [0, 0.1) is 0 Å². The van der Waals surface area contributed by atoms with Crippen LogP contribution in [-0.2, 0) is 11.2 Å². The van der Waals surface area contributed by atoms with Crippen molar-refractivity contribution in [1.29, 1.82) is 0 Å². The number of anilines is 1. The van der Waals surface area contributed by atoms with Crippen LogP contribution >= 0.6 is 0 Å². The molecule has 1 heterocycles. The van der Waals surface area contributed by atoms with Gasteiger partial charge in [0.2, 0.25) is 5.91 Å². The number of rotatable bonds is 0. The highest BCUT2D eigenvalue weighted by atomic mass is 16.3. The van der Waals surface area contributed by atoms with Crippen LogP contribution in [0.2, 0.25) is 0 Å². The van der Waals surface area contributed by atoms with Crippen molar-refractivity contribution in [1.82, 2.24) is 0 Å². The average Bonchev–Trinajstić information content (AvgIpc) is 2.00. The lowest BCUT2D eigenvalue weighted by Crippen LogP contribution is -2.18. The van der Waals surface area contributed by atoms with E-state index in [9.17, 15) is 9.90 Å². The Morgan fingerprint density at radius 2 is 2.42 bits per heavy atom. The molecular formula is C9H9NO2. The maximum Gasteiger partial charge on any atom is 0.224 e. The fourth-order valence-corrected chi connectivity index (χ4v) is 1.16. The minimum absolute atomic E-state index is 0.0155. The molecule has 0 aromatic heterocycles. The quantitative estimate of drug-likeness (QED) is 0.608. The number of carbonyl (C=O) groups excluding carboxylic acids is 1. The summed E-state index contributed by atoms with van der Waals surface area (Å²) in [6.07, 6.45) is -1.82. The monoisotopic (exact) mass is 165 g/mol. The second-order valence-corrected chi connectivity index (χ2v) is 2.63. The van der Waals surface area contributed by atoms with Gasteiger partial charge in [-0.25, -0.2) is 0 Å². The standard InChI is InChI=1S/C9H9NO2/c11-7-3-1-6-2-4-9(12)10-8(6)5-7/h1,3,5,11H,2,4H2,(H,10,12)/i2D2. The largest absolute Gasteiger partial charge is 0.508 e. The zero-order valence-corrected chi connectivity index (χ0v) is 6.29. The van der Waals surface area contributed by atoms with Gasteiger partial charge in [-0.15, -0.1) is 0 Å². The van der Waals surface area contributed by atoms with Crippen LogP contribution < -0.4 is 5.32 Å². The van der Waals surface area contributed by atoms with Crippen molar-refractivity contribution in [2.24, 2.45) is 0 Å². The molecule has 0 spiro atoms. The van der Waals surface area contributed by atoms with E-state index in [1.54, 1.807) is 0 Å². The van der Waals surface area contributed by atoms with E-state index in [-0.39, 0.29) is 18.1 Å². The van der Waals surface area contributed by atoms with Crippen molar-refractivity contribution in [2.75, 3.05) is 5.32 Å². The topological polar surface area (TPSA) is 49.3 Å². The molecule has 0 saturated heterocycles. The van der Waals surface area contributed by atoms with Crippen molar-refractivity contribution in [3.63, 3.8) is 0 Å². The Labute approximate surface area is 72.8 Å². The Morgan fingerprint density at radius 3 is 3.25 bits per heavy atom. The molecule has 1 aliphatic rings. The van der Waals surface area contributed by atoms with Crippen LogP contribution in [0.1, 0.15) is 14.7 Å². The number of phenols is 1. The molecule has 1 aromatic rings. The molecule has 12 heavy (non-hydrogen) atoms. The van der Waals surface area contributed by atoms with Crippen LogP contribution in [0.4, 0.5) is 5.69 Å². The third kappa shape index (κ3) is 1.13. The summed E-state index contributed by atoms with van der Waals surface area (Å²) in [4.78, 5) is 11.1. The molecule has 3 heteroatoms. The van der Waals surface area contributed by atoms with Gasteiger partial charge in [-0.2, -0.15) is 0 Å². The second kappa shape index (κ2) is 2.52. The number of hydrogen-bond acceptors (Lipinski definition) is 2. The fraction of sp³-hybridized carbons (Fsp3) is 0.222. The van der Waals surface area contributed by atoms with Crippen molar-refractivity contribution in [3.8, 4) is 5.75 Å². The molecule has 1 aliphatic heterocycles. The predicted molar refractivity (Wildman–Crippen MR) is 45.1 cm³/mol. The first-order valence-electron chi connectivity index (χ1n) is 4.62. The van der Waals surface area contributed by atoms with Gasteiger partial charge in [0, 0.05) is 20.9 Å². The highest BCUT2D eigenvalue weighted by Gasteiger charge is 2.14. The van der Waals surface area contributed by atoms with E-state index < -0.39 is 6.37 Å². The van der Waals surface area contributed by atoms with Gasteiger partial charge in [0.25, 0.3) is 0 Å². The molecule has 0 fully saturated rings. The molecule has 0 saturated carbocycles. The van der Waals surface area contributed by atoms with Crippen LogP contribution in [0.5, 0.6) is 5.75 Å². The summed E-state index contributed by atoms with van der Waals surface area (Å²) < 4.78 is 15.3. The first-order valence-corrected chi connectivity index (χ1v) is 3.62. The number of benzene rings is 1. The number of aromatic hydroxyl groups is 1. The number of phenolic OH excluding ortho intramolecular Hbond substituents is 1. The van der Waals surface area contributed by atoms with Crippen LogP contribution in [0.3, 0.4) is 0 Å². The number of fused-ring (bicyclic) bond motifs is 1. The van der Waals surface area contributed by atoms with Gasteiger partial charge in [0.05, 0.1) is 0 Å². The zero-order valence-electron chi connectivity index (χ0n) is 8.29. The highest BCUT2D eigenvalue weighted by molar-refractivity contribution is 5.94. The molecular weight excluding hydrogens is 154 g/mol. The molecule has 0 bridgehead atoms. The maximum absolute atomic E-state index is 11.1. The second-order valence-electron chi connectivity index (χ2n) is 2.63. The van der Waals surface area contributed by atoms with E-state index in [1.165, 1.54) is 18.2 Å². The Morgan fingerprint density at radius 1 is 1.58 bits per heavy atom. The number of amides is 1. The SMILES string of the molecule is [2H]C1([2H])CC(=O)Nc2cc(O)ccc21. The summed E-state index contributed by atoms with van der Waals surface area (Å²) in [5.74, 6) is -0.352. The minimum Gasteiger partial charge on any atom is -0.508 e. The van der Waals surface area contributed by atoms with Crippen LogP contribution in [-0.4, -0.2) is 11.0 Å². The fourth-order valence-electron chi connectivity index (χ4n) is 1.16. The van der Waals surface area contributed by atoms with Gasteiger partial charge in [-0.05, 0) is 18.0 Å². The van der Waals surface area contributed by atoms with Gasteiger partial charge in [-0.1, -0.05) is 6.07 Å². The van der Waals surface area contributed by atoms with E-state index in [1.807, 2.05) is 0 Å². The van der Waals surface area contributed by atoms with E-state index in [2.05, 4.69) is 5.32 Å². The highest BCUT2D eigenvalue weighted by Crippen LogP contribution is 2.25. The lowest BCUT2D eigenvalue weighted by Gasteiger charge is -2.16. The van der Waals surface area contributed by atoms with Crippen LogP contribution in [0.25, 0.3) is 0 Å². The summed E-state index contributed by atoms with van der Waals surface area (Å²) in [5.41, 5.74) is 0.765. The van der Waals surface area contributed by atoms with Crippen molar-refractivity contribution >= 4 is 11.6 Å². The van der Waals surface area contributed by atoms with Gasteiger partial charge in [0.1, 0.15) is 5.75 Å². The minimum atomic E-state index is -1.65. The Kier molecular flexibility index (Phi) is 1.09. The van der Waals surface area contributed by atoms with Gasteiger partial charge < -0.3 is 10.4 Å². The first kappa shape index (κ1) is 5.19. The molecule has 0 unspecified atom stereocenters. The van der Waals surface area contributed by atoms with E-state index in [4.69, 9.17) is 2.74 Å². The van der Waals surface area contributed by atoms with Crippen molar-refractivity contribution in [3.05, 3.63) is 23.8 Å². The summed E-state index contributed by atoms with van der Waals surface area (Å²) in [6, 6.07) is 4.25. The predicted octanol–water partition coefficient (Wildman–Crippen LogP) is 1.28. The van der Waals surface area contributed by atoms with Gasteiger partial charge in [0.15, 0.2) is 0 Å². The summed E-state index contributed by atoms with van der Waals surface area (Å²) >= 11 is 0. The van der Waals surface area contributed by atoms with E-state index in [0.29, 0.717) is 11.3 Å². The molecule has 2 N–H and O–H groups in total. The lowest BCUT2D eigenvalue weighted by atomic mass is 10.0.